The van der Waals surface area contributed by atoms with Gasteiger partial charge in [0.1, 0.15) is 5.82 Å². The van der Waals surface area contributed by atoms with Gasteiger partial charge in [0.2, 0.25) is 0 Å². The quantitative estimate of drug-likeness (QED) is 0.194. The molecule has 1 heterocycles. The zero-order valence-corrected chi connectivity index (χ0v) is 17.7. The predicted octanol–water partition coefficient (Wildman–Crippen LogP) is 6.38. The van der Waals surface area contributed by atoms with E-state index in [-0.39, 0.29) is 11.2 Å². The Balaban J connectivity index is 0.000000366. The Kier molecular flexibility index (Phi) is 7.23. The summed E-state index contributed by atoms with van der Waals surface area (Å²) >= 11 is 0. The van der Waals surface area contributed by atoms with E-state index in [9.17, 15) is 17.6 Å². The third-order valence-corrected chi connectivity index (χ3v) is 4.62. The molecule has 166 valence electrons. The van der Waals surface area contributed by atoms with E-state index < -0.39 is 15.6 Å². The monoisotopic (exact) mass is 456 g/mol. The van der Waals surface area contributed by atoms with Crippen LogP contribution in [0.3, 0.4) is 0 Å². The molecule has 3 rings (SSSR count). The molecule has 0 atom stereocenters. The lowest BCUT2D eigenvalue weighted by Crippen LogP contribution is -2.21. The van der Waals surface area contributed by atoms with Crippen LogP contribution in [0.2, 0.25) is 0 Å². The summed E-state index contributed by atoms with van der Waals surface area (Å²) in [5.74, 6) is 1.49. The average molecular weight is 456 g/mol. The number of halogens is 4. The molecule has 9 heteroatoms. The first-order valence-corrected chi connectivity index (χ1v) is 10.4. The zero-order valence-electron chi connectivity index (χ0n) is 16.9. The molecule has 31 heavy (non-hydrogen) atoms. The van der Waals surface area contributed by atoms with Crippen LogP contribution in [-0.2, 0) is 15.5 Å². The van der Waals surface area contributed by atoms with Crippen LogP contribution in [0.4, 0.5) is 17.6 Å². The second-order valence-electron chi connectivity index (χ2n) is 7.60. The molecule has 0 saturated heterocycles. The molecule has 0 amide bonds. The van der Waals surface area contributed by atoms with Gasteiger partial charge in [-0.3, -0.25) is 0 Å². The minimum atomic E-state index is -6.09. The third-order valence-electron chi connectivity index (χ3n) is 4.05. The Morgan fingerprint density at radius 3 is 1.77 bits per heavy atom. The van der Waals surface area contributed by atoms with Crippen LogP contribution in [0.25, 0.3) is 22.5 Å². The summed E-state index contributed by atoms with van der Waals surface area (Å²) in [4.78, 5) is 0. The maximum Gasteiger partial charge on any atom is 0.485 e. The molecule has 0 saturated carbocycles. The van der Waals surface area contributed by atoms with Gasteiger partial charge < -0.3 is 4.55 Å². The van der Waals surface area contributed by atoms with Gasteiger partial charge in [-0.05, 0) is 50.6 Å². The predicted molar refractivity (Wildman–Crippen MR) is 108 cm³/mol. The Labute approximate surface area is 177 Å². The molecule has 4 nitrogen and oxygen atoms in total. The zero-order chi connectivity index (χ0) is 23.4. The van der Waals surface area contributed by atoms with E-state index >= 15 is 0 Å². The topological polar surface area (TPSA) is 68.5 Å². The van der Waals surface area contributed by atoms with Gasteiger partial charge in [0.25, 0.3) is 0 Å². The molecule has 0 aliphatic heterocycles. The summed E-state index contributed by atoms with van der Waals surface area (Å²) in [6.45, 7) is 6.36. The first-order chi connectivity index (χ1) is 14.2. The van der Waals surface area contributed by atoms with Crippen LogP contribution in [0.15, 0.2) is 71.1 Å². The van der Waals surface area contributed by atoms with Crippen molar-refractivity contribution in [2.24, 2.45) is 0 Å². The summed E-state index contributed by atoms with van der Waals surface area (Å²) in [6, 6.07) is 20.6. The number of rotatable bonds is 2. The van der Waals surface area contributed by atoms with Crippen LogP contribution in [-0.4, -0.2) is 18.5 Å². The van der Waals surface area contributed by atoms with Crippen molar-refractivity contribution >= 4 is 10.1 Å². The molecular formula is C22H20F4O4S. The molecular weight excluding hydrogens is 436 g/mol. The lowest BCUT2D eigenvalue weighted by Gasteiger charge is -2.11. The van der Waals surface area contributed by atoms with Crippen molar-refractivity contribution in [3.8, 4) is 22.5 Å². The van der Waals surface area contributed by atoms with Crippen molar-refractivity contribution in [2.45, 2.75) is 31.7 Å². The fourth-order valence-electron chi connectivity index (χ4n) is 2.42. The fourth-order valence-corrected chi connectivity index (χ4v) is 2.42. The number of hydrogen-bond donors (Lipinski definition) is 0. The largest absolute Gasteiger partial charge is 0.741 e. The Morgan fingerprint density at radius 2 is 1.32 bits per heavy atom. The van der Waals surface area contributed by atoms with E-state index in [1.54, 1.807) is 12.1 Å². The Bertz CT molecular complexity index is 1120. The highest BCUT2D eigenvalue weighted by Crippen LogP contribution is 2.33. The highest BCUT2D eigenvalue weighted by atomic mass is 32.2. The molecule has 0 aliphatic carbocycles. The minimum Gasteiger partial charge on any atom is -0.741 e. The van der Waals surface area contributed by atoms with Gasteiger partial charge >= 0.3 is 17.0 Å². The van der Waals surface area contributed by atoms with E-state index in [0.29, 0.717) is 0 Å². The van der Waals surface area contributed by atoms with Crippen molar-refractivity contribution in [2.75, 3.05) is 0 Å². The van der Waals surface area contributed by atoms with Gasteiger partial charge in [-0.2, -0.15) is 13.2 Å². The van der Waals surface area contributed by atoms with Crippen molar-refractivity contribution in [1.29, 1.82) is 0 Å². The standard InChI is InChI=1S/C21H20FO.CHF3O3S/c1-21(2,3)20-14-17(15-9-11-18(22)12-10-15)13-19(23-20)16-7-5-4-6-8-16;2-1(3,4)8(5,6)7/h4-14H,1-3H3;(H,5,6,7)/q+1;/p-1. The molecule has 0 radical (unpaired) electrons. The van der Waals surface area contributed by atoms with Crippen LogP contribution in [0.1, 0.15) is 26.5 Å². The maximum absolute atomic E-state index is 13.2. The highest BCUT2D eigenvalue weighted by molar-refractivity contribution is 7.86. The summed E-state index contributed by atoms with van der Waals surface area (Å²) in [6.07, 6.45) is 0. The normalized spacial score (nSPS) is 12.1. The summed E-state index contributed by atoms with van der Waals surface area (Å²) in [7, 11) is -6.09. The molecule has 0 spiro atoms. The Hall–Kier alpha value is -2.78. The van der Waals surface area contributed by atoms with Gasteiger partial charge in [-0.25, -0.2) is 17.2 Å². The first-order valence-electron chi connectivity index (χ1n) is 9.01. The first kappa shape index (κ1) is 24.5. The van der Waals surface area contributed by atoms with E-state index in [1.165, 1.54) is 12.1 Å². The third kappa shape index (κ3) is 6.86. The SMILES string of the molecule is CC(C)(C)c1cc(-c2ccc(F)cc2)cc(-c2ccccc2)[o+]1.O=S(=O)([O-])C(F)(F)F. The number of hydrogen-bond acceptors (Lipinski definition) is 3. The van der Waals surface area contributed by atoms with Crippen LogP contribution < -0.4 is 0 Å². The van der Waals surface area contributed by atoms with Crippen molar-refractivity contribution < 1.29 is 34.9 Å². The van der Waals surface area contributed by atoms with Crippen molar-refractivity contribution in [3.63, 3.8) is 0 Å². The highest BCUT2D eigenvalue weighted by Gasteiger charge is 2.37. The number of alkyl halides is 3. The summed E-state index contributed by atoms with van der Waals surface area (Å²) in [5, 5.41) is 0. The smallest absolute Gasteiger partial charge is 0.485 e. The van der Waals surface area contributed by atoms with Crippen molar-refractivity contribution in [1.82, 2.24) is 0 Å². The van der Waals surface area contributed by atoms with E-state index in [2.05, 4.69) is 20.8 Å². The van der Waals surface area contributed by atoms with Gasteiger partial charge in [0, 0.05) is 11.6 Å². The van der Waals surface area contributed by atoms with E-state index in [4.69, 9.17) is 17.4 Å². The van der Waals surface area contributed by atoms with Gasteiger partial charge in [0.15, 0.2) is 10.1 Å². The minimum absolute atomic E-state index is 0.112. The molecule has 0 unspecified atom stereocenters. The second kappa shape index (κ2) is 9.15. The van der Waals surface area contributed by atoms with Crippen LogP contribution in [0.5, 0.6) is 0 Å². The molecule has 2 aromatic carbocycles. The lowest BCUT2D eigenvalue weighted by molar-refractivity contribution is -0.0517. The Morgan fingerprint density at radius 1 is 0.806 bits per heavy atom. The molecule has 0 fully saturated rings. The molecule has 0 N–H and O–H groups in total. The van der Waals surface area contributed by atoms with Gasteiger partial charge in [-0.15, -0.1) is 0 Å². The van der Waals surface area contributed by atoms with Crippen molar-refractivity contribution in [3.05, 3.63) is 78.3 Å². The lowest BCUT2D eigenvalue weighted by atomic mass is 9.90. The van der Waals surface area contributed by atoms with E-state index in [1.807, 2.05) is 42.5 Å². The summed E-state index contributed by atoms with van der Waals surface area (Å²) in [5.41, 5.74) is -2.72. The molecule has 1 aromatic heterocycles. The second-order valence-corrected chi connectivity index (χ2v) is 8.97. The fraction of sp³-hybridized carbons (Fsp3) is 0.227. The maximum atomic E-state index is 13.2. The molecule has 0 aliphatic rings. The van der Waals surface area contributed by atoms with Gasteiger partial charge in [-0.1, -0.05) is 30.3 Å². The van der Waals surface area contributed by atoms with Crippen LogP contribution in [0, 0.1) is 5.82 Å². The average Bonchev–Trinajstić information content (AvgIpc) is 2.67. The van der Waals surface area contributed by atoms with E-state index in [0.717, 1.165) is 28.2 Å². The van der Waals surface area contributed by atoms with Gasteiger partial charge in [0.05, 0.1) is 17.0 Å². The van der Waals surface area contributed by atoms with Crippen LogP contribution >= 0.6 is 0 Å². The molecule has 3 aromatic rings. The number of benzene rings is 2. The summed E-state index contributed by atoms with van der Waals surface area (Å²) < 4.78 is 78.2. The molecule has 0 bridgehead atoms.